The van der Waals surface area contributed by atoms with Crippen LogP contribution >= 0.6 is 0 Å². The summed E-state index contributed by atoms with van der Waals surface area (Å²) >= 11 is 0. The molecule has 0 atom stereocenters. The molecule has 4 nitrogen and oxygen atoms in total. The fraction of sp³-hybridized carbons (Fsp3) is 0.250. The Labute approximate surface area is 94.3 Å². The number of nitrogens with zero attached hydrogens (tertiary/aromatic N) is 1. The number of aromatic nitrogens is 1. The van der Waals surface area contributed by atoms with E-state index in [1.54, 1.807) is 7.11 Å². The van der Waals surface area contributed by atoms with Gasteiger partial charge in [0.25, 0.3) is 0 Å². The summed E-state index contributed by atoms with van der Waals surface area (Å²) in [6.45, 7) is 0.692. The quantitative estimate of drug-likeness (QED) is 0.853. The summed E-state index contributed by atoms with van der Waals surface area (Å²) in [4.78, 5) is 4.16. The van der Waals surface area contributed by atoms with Crippen molar-refractivity contribution in [2.75, 3.05) is 14.2 Å². The third-order valence-corrected chi connectivity index (χ3v) is 2.34. The van der Waals surface area contributed by atoms with Gasteiger partial charge in [-0.1, -0.05) is 0 Å². The fourth-order valence-corrected chi connectivity index (χ4v) is 1.54. The van der Waals surface area contributed by atoms with Gasteiger partial charge in [-0.25, -0.2) is 4.98 Å². The summed E-state index contributed by atoms with van der Waals surface area (Å²) in [5.74, 6) is 1.63. The van der Waals surface area contributed by atoms with Crippen LogP contribution in [0.3, 0.4) is 0 Å². The molecule has 0 amide bonds. The van der Waals surface area contributed by atoms with Crippen molar-refractivity contribution >= 4 is 0 Å². The summed E-state index contributed by atoms with van der Waals surface area (Å²) in [5, 5.41) is 3.06. The number of ether oxygens (including phenoxy) is 1. The number of oxazole rings is 1. The minimum absolute atomic E-state index is 0.692. The second-order valence-corrected chi connectivity index (χ2v) is 3.39. The first kappa shape index (κ1) is 10.7. The van der Waals surface area contributed by atoms with Crippen LogP contribution < -0.4 is 10.1 Å². The summed E-state index contributed by atoms with van der Waals surface area (Å²) < 4.78 is 10.5. The third kappa shape index (κ3) is 2.06. The van der Waals surface area contributed by atoms with Crippen LogP contribution in [0, 0.1) is 0 Å². The van der Waals surface area contributed by atoms with Crippen LogP contribution in [0.1, 0.15) is 5.69 Å². The highest BCUT2D eigenvalue weighted by molar-refractivity contribution is 5.60. The molecule has 1 heterocycles. The second kappa shape index (κ2) is 4.81. The van der Waals surface area contributed by atoms with Crippen LogP contribution in [-0.2, 0) is 6.54 Å². The van der Waals surface area contributed by atoms with Gasteiger partial charge in [0.1, 0.15) is 11.4 Å². The third-order valence-electron chi connectivity index (χ3n) is 2.34. The van der Waals surface area contributed by atoms with E-state index in [1.165, 1.54) is 6.39 Å². The zero-order chi connectivity index (χ0) is 11.4. The van der Waals surface area contributed by atoms with Crippen molar-refractivity contribution in [1.29, 1.82) is 0 Å². The van der Waals surface area contributed by atoms with Crippen molar-refractivity contribution in [1.82, 2.24) is 10.3 Å². The van der Waals surface area contributed by atoms with Crippen LogP contribution in [0.25, 0.3) is 11.3 Å². The maximum Gasteiger partial charge on any atom is 0.181 e. The smallest absolute Gasteiger partial charge is 0.181 e. The van der Waals surface area contributed by atoms with Crippen molar-refractivity contribution in [3.8, 4) is 17.1 Å². The van der Waals surface area contributed by atoms with Crippen molar-refractivity contribution in [3.63, 3.8) is 0 Å². The van der Waals surface area contributed by atoms with Gasteiger partial charge in [0, 0.05) is 12.1 Å². The van der Waals surface area contributed by atoms with Gasteiger partial charge in [-0.15, -0.1) is 0 Å². The molecule has 84 valence electrons. The van der Waals surface area contributed by atoms with E-state index in [4.69, 9.17) is 9.15 Å². The number of rotatable bonds is 4. The van der Waals surface area contributed by atoms with E-state index in [-0.39, 0.29) is 0 Å². The topological polar surface area (TPSA) is 47.3 Å². The molecule has 1 aromatic carbocycles. The number of nitrogens with one attached hydrogen (secondary N) is 1. The minimum Gasteiger partial charge on any atom is -0.497 e. The lowest BCUT2D eigenvalue weighted by atomic mass is 10.1. The fourth-order valence-electron chi connectivity index (χ4n) is 1.54. The molecule has 16 heavy (non-hydrogen) atoms. The highest BCUT2D eigenvalue weighted by Crippen LogP contribution is 2.25. The lowest BCUT2D eigenvalue weighted by Gasteiger charge is -2.02. The Kier molecular flexibility index (Phi) is 3.22. The zero-order valence-electron chi connectivity index (χ0n) is 9.36. The highest BCUT2D eigenvalue weighted by Gasteiger charge is 2.09. The van der Waals surface area contributed by atoms with Crippen molar-refractivity contribution in [3.05, 3.63) is 36.4 Å². The summed E-state index contributed by atoms with van der Waals surface area (Å²) in [7, 11) is 3.53. The Hall–Kier alpha value is -1.81. The summed E-state index contributed by atoms with van der Waals surface area (Å²) in [5.41, 5.74) is 1.91. The number of hydrogen-bond donors (Lipinski definition) is 1. The van der Waals surface area contributed by atoms with E-state index in [2.05, 4.69) is 10.3 Å². The Balaban J connectivity index is 2.31. The average molecular weight is 218 g/mol. The molecule has 0 fully saturated rings. The van der Waals surface area contributed by atoms with Gasteiger partial charge >= 0.3 is 0 Å². The van der Waals surface area contributed by atoms with E-state index in [9.17, 15) is 0 Å². The molecule has 0 radical (unpaired) electrons. The Morgan fingerprint density at radius 1 is 1.31 bits per heavy atom. The predicted molar refractivity (Wildman–Crippen MR) is 61.3 cm³/mol. The molecular weight excluding hydrogens is 204 g/mol. The lowest BCUT2D eigenvalue weighted by Crippen LogP contribution is -2.06. The van der Waals surface area contributed by atoms with E-state index >= 15 is 0 Å². The number of methoxy groups -OCH3 is 1. The van der Waals surface area contributed by atoms with E-state index in [0.717, 1.165) is 22.8 Å². The zero-order valence-corrected chi connectivity index (χ0v) is 9.36. The minimum atomic E-state index is 0.692. The molecule has 0 saturated carbocycles. The first-order valence-corrected chi connectivity index (χ1v) is 5.06. The average Bonchev–Trinajstić information content (AvgIpc) is 2.78. The van der Waals surface area contributed by atoms with Crippen LogP contribution in [0.15, 0.2) is 35.1 Å². The van der Waals surface area contributed by atoms with Gasteiger partial charge in [-0.2, -0.15) is 0 Å². The van der Waals surface area contributed by atoms with Crippen molar-refractivity contribution in [2.45, 2.75) is 6.54 Å². The van der Waals surface area contributed by atoms with Gasteiger partial charge in [0.15, 0.2) is 12.2 Å². The molecule has 0 spiro atoms. The van der Waals surface area contributed by atoms with Gasteiger partial charge in [-0.05, 0) is 31.3 Å². The largest absolute Gasteiger partial charge is 0.497 e. The Bertz CT molecular complexity index is 448. The molecule has 4 heteroatoms. The number of hydrogen-bond acceptors (Lipinski definition) is 4. The summed E-state index contributed by atoms with van der Waals surface area (Å²) in [6, 6.07) is 7.72. The molecule has 0 aliphatic heterocycles. The molecular formula is C12H14N2O2. The maximum atomic E-state index is 5.38. The van der Waals surface area contributed by atoms with Crippen LogP contribution in [-0.4, -0.2) is 19.1 Å². The van der Waals surface area contributed by atoms with E-state index < -0.39 is 0 Å². The van der Waals surface area contributed by atoms with Gasteiger partial charge < -0.3 is 14.5 Å². The second-order valence-electron chi connectivity index (χ2n) is 3.39. The normalized spacial score (nSPS) is 10.4. The first-order valence-electron chi connectivity index (χ1n) is 5.06. The predicted octanol–water partition coefficient (Wildman–Crippen LogP) is 2.07. The highest BCUT2D eigenvalue weighted by atomic mass is 16.5. The molecule has 0 unspecified atom stereocenters. The monoisotopic (exact) mass is 218 g/mol. The Morgan fingerprint density at radius 2 is 2.06 bits per heavy atom. The first-order chi connectivity index (χ1) is 7.85. The maximum absolute atomic E-state index is 5.38. The number of benzene rings is 1. The van der Waals surface area contributed by atoms with Gasteiger partial charge in [0.2, 0.25) is 0 Å². The van der Waals surface area contributed by atoms with Gasteiger partial charge in [-0.3, -0.25) is 0 Å². The SMILES string of the molecule is CNCc1ncoc1-c1ccc(OC)cc1. The molecule has 1 N–H and O–H groups in total. The molecule has 0 bridgehead atoms. The summed E-state index contributed by atoms with van der Waals surface area (Å²) in [6.07, 6.45) is 1.46. The van der Waals surface area contributed by atoms with Gasteiger partial charge in [0.05, 0.1) is 7.11 Å². The van der Waals surface area contributed by atoms with Crippen molar-refractivity contribution < 1.29 is 9.15 Å². The molecule has 2 rings (SSSR count). The van der Waals surface area contributed by atoms with Crippen LogP contribution in [0.5, 0.6) is 5.75 Å². The molecule has 2 aromatic rings. The standard InChI is InChI=1S/C12H14N2O2/c1-13-7-11-12(16-8-14-11)9-3-5-10(15-2)6-4-9/h3-6,8,13H,7H2,1-2H3. The Morgan fingerprint density at radius 3 is 2.69 bits per heavy atom. The van der Waals surface area contributed by atoms with E-state index in [1.807, 2.05) is 31.3 Å². The van der Waals surface area contributed by atoms with Crippen LogP contribution in [0.2, 0.25) is 0 Å². The molecule has 0 aliphatic rings. The molecule has 1 aromatic heterocycles. The van der Waals surface area contributed by atoms with Crippen molar-refractivity contribution in [2.24, 2.45) is 0 Å². The lowest BCUT2D eigenvalue weighted by molar-refractivity contribution is 0.415. The molecule has 0 aliphatic carbocycles. The molecule has 0 saturated heterocycles. The van der Waals surface area contributed by atoms with Crippen LogP contribution in [0.4, 0.5) is 0 Å². The van der Waals surface area contributed by atoms with E-state index in [0.29, 0.717) is 6.54 Å².